The van der Waals surface area contributed by atoms with Gasteiger partial charge in [-0.15, -0.1) is 0 Å². The molecule has 1 N–H and O–H groups in total. The smallest absolute Gasteiger partial charge is 0.340 e. The highest BCUT2D eigenvalue weighted by atomic mass is 19.3. The monoisotopic (exact) mass is 480 g/mol. The minimum Gasteiger partial charge on any atom is -0.485 e. The van der Waals surface area contributed by atoms with E-state index in [9.17, 15) is 27.2 Å². The Kier molecular flexibility index (Phi) is 6.46. The number of rotatable bonds is 9. The fourth-order valence-electron chi connectivity index (χ4n) is 3.78. The summed E-state index contributed by atoms with van der Waals surface area (Å²) in [7, 11) is 0. The van der Waals surface area contributed by atoms with E-state index >= 15 is 0 Å². The minimum absolute atomic E-state index is 0.0443. The van der Waals surface area contributed by atoms with Crippen molar-refractivity contribution in [1.29, 1.82) is 0 Å². The van der Waals surface area contributed by atoms with Gasteiger partial charge in [0.05, 0.1) is 24.5 Å². The first-order valence-corrected chi connectivity index (χ1v) is 10.9. The molecule has 1 aliphatic heterocycles. The van der Waals surface area contributed by atoms with Crippen LogP contribution >= 0.6 is 0 Å². The number of anilines is 1. The lowest BCUT2D eigenvalue weighted by atomic mass is 10.1. The van der Waals surface area contributed by atoms with Crippen molar-refractivity contribution in [2.24, 2.45) is 5.92 Å². The van der Waals surface area contributed by atoms with Gasteiger partial charge in [0.2, 0.25) is 5.91 Å². The first-order valence-electron chi connectivity index (χ1n) is 10.9. The summed E-state index contributed by atoms with van der Waals surface area (Å²) in [6.07, 6.45) is 1.34. The number of alkyl halides is 4. The number of aryl methyl sites for hydroxylation is 1. The van der Waals surface area contributed by atoms with E-state index in [0.717, 1.165) is 12.8 Å². The molecular formula is C23H24F4N4O3. The lowest BCUT2D eigenvalue weighted by molar-refractivity contribution is -0.148. The van der Waals surface area contributed by atoms with E-state index < -0.39 is 25.0 Å². The number of hydrogen-bond acceptors (Lipinski definition) is 5. The van der Waals surface area contributed by atoms with E-state index in [1.807, 2.05) is 0 Å². The first kappa shape index (κ1) is 23.9. The van der Waals surface area contributed by atoms with Gasteiger partial charge in [-0.1, -0.05) is 0 Å². The Morgan fingerprint density at radius 2 is 2.06 bits per heavy atom. The summed E-state index contributed by atoms with van der Waals surface area (Å²) in [6, 6.07) is 2.66. The van der Waals surface area contributed by atoms with Crippen molar-refractivity contribution in [2.45, 2.75) is 58.0 Å². The molecule has 2 amide bonds. The normalized spacial score (nSPS) is 16.6. The zero-order valence-corrected chi connectivity index (χ0v) is 18.7. The molecule has 1 atom stereocenters. The van der Waals surface area contributed by atoms with Gasteiger partial charge in [-0.3, -0.25) is 14.6 Å². The zero-order chi connectivity index (χ0) is 24.6. The van der Waals surface area contributed by atoms with Crippen LogP contribution in [0.25, 0.3) is 0 Å². The lowest BCUT2D eigenvalue weighted by Crippen LogP contribution is -2.34. The van der Waals surface area contributed by atoms with Crippen molar-refractivity contribution in [3.05, 3.63) is 46.9 Å². The molecule has 11 heteroatoms. The molecule has 0 saturated heterocycles. The number of carbonyl (C=O) groups is 2. The van der Waals surface area contributed by atoms with E-state index in [1.54, 1.807) is 30.9 Å². The molecule has 1 unspecified atom stereocenters. The third-order valence-electron chi connectivity index (χ3n) is 6.02. The molecule has 3 heterocycles. The summed E-state index contributed by atoms with van der Waals surface area (Å²) in [6.45, 7) is 2.08. The molecular weight excluding hydrogens is 456 g/mol. The van der Waals surface area contributed by atoms with E-state index in [4.69, 9.17) is 4.74 Å². The Bertz CT molecular complexity index is 1110. The van der Waals surface area contributed by atoms with Crippen LogP contribution < -0.4 is 10.1 Å². The summed E-state index contributed by atoms with van der Waals surface area (Å²) in [5, 5.41) is 2.81. The van der Waals surface area contributed by atoms with Gasteiger partial charge in [-0.25, -0.2) is 13.8 Å². The molecule has 0 bridgehead atoms. The fraction of sp³-hybridized carbons (Fsp3) is 0.478. The molecule has 182 valence electrons. The Morgan fingerprint density at radius 3 is 2.71 bits per heavy atom. The van der Waals surface area contributed by atoms with Gasteiger partial charge in [0.1, 0.15) is 11.6 Å². The van der Waals surface area contributed by atoms with Crippen LogP contribution in [0.15, 0.2) is 24.5 Å². The van der Waals surface area contributed by atoms with Crippen LogP contribution in [0.1, 0.15) is 59.4 Å². The zero-order valence-electron chi connectivity index (χ0n) is 18.7. The Hall–Kier alpha value is -3.24. The maximum Gasteiger partial charge on any atom is 0.340 e. The highest BCUT2D eigenvalue weighted by Gasteiger charge is 2.42. The Balaban J connectivity index is 1.46. The van der Waals surface area contributed by atoms with Crippen LogP contribution in [0.5, 0.6) is 5.75 Å². The summed E-state index contributed by atoms with van der Waals surface area (Å²) in [4.78, 5) is 35.3. The van der Waals surface area contributed by atoms with E-state index in [2.05, 4.69) is 15.3 Å². The lowest BCUT2D eigenvalue weighted by Gasteiger charge is -2.24. The number of nitrogens with zero attached hydrogens (tertiary/aromatic N) is 3. The van der Waals surface area contributed by atoms with E-state index in [-0.39, 0.29) is 24.1 Å². The Labute approximate surface area is 193 Å². The number of halogens is 4. The molecule has 1 fully saturated rings. The van der Waals surface area contributed by atoms with Crippen LogP contribution in [-0.4, -0.2) is 45.6 Å². The minimum atomic E-state index is -4.27. The maximum atomic E-state index is 13.2. The molecule has 0 spiro atoms. The third kappa shape index (κ3) is 4.97. The van der Waals surface area contributed by atoms with Crippen LogP contribution in [0.4, 0.5) is 23.4 Å². The number of amides is 2. The van der Waals surface area contributed by atoms with Gasteiger partial charge in [-0.05, 0) is 50.3 Å². The fourth-order valence-corrected chi connectivity index (χ4v) is 3.78. The summed E-state index contributed by atoms with van der Waals surface area (Å²) >= 11 is 0. The number of pyridine rings is 2. The van der Waals surface area contributed by atoms with Gasteiger partial charge >= 0.3 is 12.3 Å². The standard InChI is InChI=1S/C23H24F4N4O3/c1-12-7-17(29-9-18(12)34-11-23(26,27)22(24)25)13(2)31-10-16-15(21(31)33)5-6-28-20(16)30-19(32)8-14-3-4-14/h5-7,9,13-14,22H,3-4,8,10-11H2,1-2H3,(H,28,30,32). The van der Waals surface area contributed by atoms with Gasteiger partial charge in [0.25, 0.3) is 5.91 Å². The quantitative estimate of drug-likeness (QED) is 0.534. The molecule has 4 rings (SSSR count). The number of ether oxygens (including phenoxy) is 1. The molecule has 2 aromatic heterocycles. The maximum absolute atomic E-state index is 13.2. The van der Waals surface area contributed by atoms with Crippen molar-refractivity contribution in [1.82, 2.24) is 14.9 Å². The van der Waals surface area contributed by atoms with Crippen molar-refractivity contribution in [3.63, 3.8) is 0 Å². The number of fused-ring (bicyclic) bond motifs is 1. The molecule has 0 aromatic carbocycles. The van der Waals surface area contributed by atoms with Gasteiger partial charge in [0.15, 0.2) is 6.61 Å². The highest BCUT2D eigenvalue weighted by molar-refractivity contribution is 6.01. The van der Waals surface area contributed by atoms with E-state index in [0.29, 0.717) is 40.5 Å². The van der Waals surface area contributed by atoms with Crippen LogP contribution in [0.2, 0.25) is 0 Å². The first-order chi connectivity index (χ1) is 16.1. The van der Waals surface area contributed by atoms with Gasteiger partial charge in [0, 0.05) is 23.7 Å². The van der Waals surface area contributed by atoms with Crippen molar-refractivity contribution in [2.75, 3.05) is 11.9 Å². The predicted molar refractivity (Wildman–Crippen MR) is 114 cm³/mol. The van der Waals surface area contributed by atoms with Crippen molar-refractivity contribution < 1.29 is 31.9 Å². The molecule has 0 radical (unpaired) electrons. The largest absolute Gasteiger partial charge is 0.485 e. The number of nitrogens with one attached hydrogen (secondary N) is 1. The molecule has 2 aromatic rings. The predicted octanol–water partition coefficient (Wildman–Crippen LogP) is 4.52. The number of carbonyl (C=O) groups excluding carboxylic acids is 2. The van der Waals surface area contributed by atoms with E-state index in [1.165, 1.54) is 12.4 Å². The SMILES string of the molecule is Cc1cc(C(C)N2Cc3c(ccnc3NC(=O)CC3CC3)C2=O)ncc1OCC(F)(F)C(F)F. The van der Waals surface area contributed by atoms with Gasteiger partial charge in [-0.2, -0.15) is 8.78 Å². The molecule has 2 aliphatic rings. The van der Waals surface area contributed by atoms with Crippen LogP contribution in [0, 0.1) is 12.8 Å². The summed E-state index contributed by atoms with van der Waals surface area (Å²) in [5.41, 5.74) is 1.95. The third-order valence-corrected chi connectivity index (χ3v) is 6.02. The molecule has 1 saturated carbocycles. The summed E-state index contributed by atoms with van der Waals surface area (Å²) < 4.78 is 55.9. The summed E-state index contributed by atoms with van der Waals surface area (Å²) in [5.74, 6) is -3.92. The molecule has 1 aliphatic carbocycles. The molecule has 34 heavy (non-hydrogen) atoms. The van der Waals surface area contributed by atoms with Crippen molar-refractivity contribution in [3.8, 4) is 5.75 Å². The van der Waals surface area contributed by atoms with Gasteiger partial charge < -0.3 is 15.0 Å². The number of aromatic nitrogens is 2. The average Bonchev–Trinajstić information content (AvgIpc) is 3.53. The second kappa shape index (κ2) is 9.19. The topological polar surface area (TPSA) is 84.4 Å². The van der Waals surface area contributed by atoms with Crippen molar-refractivity contribution >= 4 is 17.6 Å². The second-order valence-electron chi connectivity index (χ2n) is 8.72. The molecule has 7 nitrogen and oxygen atoms in total. The average molecular weight is 480 g/mol. The van der Waals surface area contributed by atoms with Crippen LogP contribution in [0.3, 0.4) is 0 Å². The number of hydrogen-bond donors (Lipinski definition) is 1. The Morgan fingerprint density at radius 1 is 1.32 bits per heavy atom. The van der Waals surface area contributed by atoms with Crippen LogP contribution in [-0.2, 0) is 11.3 Å². The highest BCUT2D eigenvalue weighted by Crippen LogP contribution is 2.36. The second-order valence-corrected chi connectivity index (χ2v) is 8.72.